The Morgan fingerprint density at radius 1 is 1.47 bits per heavy atom. The molecule has 0 saturated carbocycles. The van der Waals surface area contributed by atoms with E-state index in [0.29, 0.717) is 0 Å². The number of rotatable bonds is 5. The van der Waals surface area contributed by atoms with Crippen molar-refractivity contribution >= 4 is 28.9 Å². The van der Waals surface area contributed by atoms with Crippen molar-refractivity contribution in [3.8, 4) is 0 Å². The van der Waals surface area contributed by atoms with Crippen molar-refractivity contribution in [1.29, 1.82) is 0 Å². The fourth-order valence-electron chi connectivity index (χ4n) is 0.870. The van der Waals surface area contributed by atoms with Crippen LogP contribution in [-0.2, 0) is 14.3 Å². The Morgan fingerprint density at radius 2 is 2.20 bits per heavy atom. The Balaban J connectivity index is 2.52. The quantitative estimate of drug-likeness (QED) is 0.322. The molecule has 0 N–H and O–H groups in total. The van der Waals surface area contributed by atoms with Crippen LogP contribution in [0.15, 0.2) is 10.9 Å². The zero-order valence-electron chi connectivity index (χ0n) is 8.06. The number of carbonyl (C=O) groups is 3. The highest BCUT2D eigenvalue weighted by Crippen LogP contribution is 2.05. The van der Waals surface area contributed by atoms with Crippen LogP contribution in [0.25, 0.3) is 0 Å². The van der Waals surface area contributed by atoms with Crippen molar-refractivity contribution in [2.45, 2.75) is 13.3 Å². The average molecular weight is 227 g/mol. The van der Waals surface area contributed by atoms with E-state index in [9.17, 15) is 14.4 Å². The SMILES string of the molecule is CCOC(=O)C(=O)CC(=O)c1cscn1. The predicted molar refractivity (Wildman–Crippen MR) is 52.7 cm³/mol. The summed E-state index contributed by atoms with van der Waals surface area (Å²) in [5, 5.41) is 1.53. The third-order valence-electron chi connectivity index (χ3n) is 1.54. The van der Waals surface area contributed by atoms with Gasteiger partial charge >= 0.3 is 5.97 Å². The molecule has 1 aromatic heterocycles. The Morgan fingerprint density at radius 3 is 2.73 bits per heavy atom. The molecule has 0 aliphatic carbocycles. The molecule has 1 heterocycles. The van der Waals surface area contributed by atoms with Gasteiger partial charge in [-0.2, -0.15) is 0 Å². The van der Waals surface area contributed by atoms with E-state index < -0.39 is 24.0 Å². The molecule has 0 aliphatic heterocycles. The maximum atomic E-state index is 11.3. The van der Waals surface area contributed by atoms with Gasteiger partial charge in [0.15, 0.2) is 5.78 Å². The van der Waals surface area contributed by atoms with E-state index in [2.05, 4.69) is 9.72 Å². The monoisotopic (exact) mass is 227 g/mol. The van der Waals surface area contributed by atoms with E-state index >= 15 is 0 Å². The lowest BCUT2D eigenvalue weighted by atomic mass is 10.2. The summed E-state index contributed by atoms with van der Waals surface area (Å²) < 4.78 is 4.46. The first kappa shape index (κ1) is 11.5. The van der Waals surface area contributed by atoms with Crippen molar-refractivity contribution in [2.24, 2.45) is 0 Å². The van der Waals surface area contributed by atoms with Gasteiger partial charge in [-0.05, 0) is 6.92 Å². The molecule has 0 saturated heterocycles. The third kappa shape index (κ3) is 3.25. The number of Topliss-reactive ketones (excluding diaryl/α,β-unsaturated/α-hetero) is 2. The Labute approximate surface area is 90.1 Å². The number of carbonyl (C=O) groups excluding carboxylic acids is 3. The van der Waals surface area contributed by atoms with E-state index in [1.807, 2.05) is 0 Å². The molecule has 80 valence electrons. The third-order valence-corrected chi connectivity index (χ3v) is 2.13. The number of hydrogen-bond donors (Lipinski definition) is 0. The van der Waals surface area contributed by atoms with Gasteiger partial charge in [-0.1, -0.05) is 0 Å². The fraction of sp³-hybridized carbons (Fsp3) is 0.333. The minimum atomic E-state index is -0.971. The van der Waals surface area contributed by atoms with Crippen molar-refractivity contribution in [1.82, 2.24) is 4.98 Å². The van der Waals surface area contributed by atoms with Crippen molar-refractivity contribution in [3.63, 3.8) is 0 Å². The zero-order valence-corrected chi connectivity index (χ0v) is 8.87. The molecule has 0 unspecified atom stereocenters. The largest absolute Gasteiger partial charge is 0.460 e. The first-order valence-corrected chi connectivity index (χ1v) is 5.20. The lowest BCUT2D eigenvalue weighted by Crippen LogP contribution is -2.20. The van der Waals surface area contributed by atoms with Gasteiger partial charge in [-0.25, -0.2) is 9.78 Å². The van der Waals surface area contributed by atoms with Crippen LogP contribution in [0.2, 0.25) is 0 Å². The van der Waals surface area contributed by atoms with Gasteiger partial charge in [0.2, 0.25) is 5.78 Å². The molecular weight excluding hydrogens is 218 g/mol. The Hall–Kier alpha value is -1.56. The number of esters is 1. The molecular formula is C9H9NO4S. The Bertz CT molecular complexity index is 371. The molecule has 0 amide bonds. The number of nitrogens with zero attached hydrogens (tertiary/aromatic N) is 1. The first-order chi connectivity index (χ1) is 7.15. The molecule has 0 atom stereocenters. The maximum absolute atomic E-state index is 11.3. The van der Waals surface area contributed by atoms with Gasteiger partial charge in [0, 0.05) is 5.38 Å². The average Bonchev–Trinajstić information content (AvgIpc) is 2.70. The molecule has 0 spiro atoms. The highest BCUT2D eigenvalue weighted by Gasteiger charge is 2.20. The number of ketones is 2. The van der Waals surface area contributed by atoms with Gasteiger partial charge in [-0.15, -0.1) is 11.3 Å². The van der Waals surface area contributed by atoms with Crippen LogP contribution >= 0.6 is 11.3 Å². The first-order valence-electron chi connectivity index (χ1n) is 4.26. The molecule has 0 radical (unpaired) electrons. The second-order valence-electron chi connectivity index (χ2n) is 2.62. The molecule has 15 heavy (non-hydrogen) atoms. The lowest BCUT2D eigenvalue weighted by molar-refractivity contribution is -0.153. The van der Waals surface area contributed by atoms with Gasteiger partial charge in [0.05, 0.1) is 18.5 Å². The van der Waals surface area contributed by atoms with Crippen LogP contribution in [0.5, 0.6) is 0 Å². The van der Waals surface area contributed by atoms with Crippen LogP contribution in [0.1, 0.15) is 23.8 Å². The summed E-state index contributed by atoms with van der Waals surface area (Å²) in [6.45, 7) is 1.71. The van der Waals surface area contributed by atoms with E-state index in [-0.39, 0.29) is 12.3 Å². The highest BCUT2D eigenvalue weighted by molar-refractivity contribution is 7.07. The van der Waals surface area contributed by atoms with Gasteiger partial charge in [0.25, 0.3) is 0 Å². The number of aromatic nitrogens is 1. The molecule has 1 aromatic rings. The van der Waals surface area contributed by atoms with Gasteiger partial charge in [0.1, 0.15) is 5.69 Å². The normalized spacial score (nSPS) is 9.67. The van der Waals surface area contributed by atoms with E-state index in [4.69, 9.17) is 0 Å². The topological polar surface area (TPSA) is 73.3 Å². The van der Waals surface area contributed by atoms with E-state index in [1.165, 1.54) is 22.2 Å². The summed E-state index contributed by atoms with van der Waals surface area (Å²) in [5.41, 5.74) is 1.69. The molecule has 0 aromatic carbocycles. The molecule has 0 fully saturated rings. The van der Waals surface area contributed by atoms with Crippen molar-refractivity contribution < 1.29 is 19.1 Å². The number of thiazole rings is 1. The van der Waals surface area contributed by atoms with E-state index in [1.54, 1.807) is 6.92 Å². The van der Waals surface area contributed by atoms with Crippen LogP contribution in [0.3, 0.4) is 0 Å². The second-order valence-corrected chi connectivity index (χ2v) is 3.34. The maximum Gasteiger partial charge on any atom is 0.375 e. The van der Waals surface area contributed by atoms with Crippen LogP contribution in [0, 0.1) is 0 Å². The summed E-state index contributed by atoms with van der Waals surface area (Å²) in [6, 6.07) is 0. The van der Waals surface area contributed by atoms with Crippen LogP contribution < -0.4 is 0 Å². The summed E-state index contributed by atoms with van der Waals surface area (Å²) in [6.07, 6.45) is -0.484. The van der Waals surface area contributed by atoms with Crippen molar-refractivity contribution in [2.75, 3.05) is 6.61 Å². The minimum Gasteiger partial charge on any atom is -0.460 e. The zero-order chi connectivity index (χ0) is 11.3. The second kappa shape index (κ2) is 5.35. The van der Waals surface area contributed by atoms with E-state index in [0.717, 1.165) is 0 Å². The molecule has 5 nitrogen and oxygen atoms in total. The number of hydrogen-bond acceptors (Lipinski definition) is 6. The standard InChI is InChI=1S/C9H9NO4S/c1-2-14-9(13)8(12)3-7(11)6-4-15-5-10-6/h4-5H,2-3H2,1H3. The van der Waals surface area contributed by atoms with Gasteiger partial charge in [-0.3, -0.25) is 9.59 Å². The van der Waals surface area contributed by atoms with Crippen molar-refractivity contribution in [3.05, 3.63) is 16.6 Å². The molecule has 6 heteroatoms. The van der Waals surface area contributed by atoms with Gasteiger partial charge < -0.3 is 4.74 Å². The summed E-state index contributed by atoms with van der Waals surface area (Å²) in [4.78, 5) is 37.1. The lowest BCUT2D eigenvalue weighted by Gasteiger charge is -1.98. The smallest absolute Gasteiger partial charge is 0.375 e. The highest BCUT2D eigenvalue weighted by atomic mass is 32.1. The molecule has 1 rings (SSSR count). The predicted octanol–water partition coefficient (Wildman–Crippen LogP) is 0.848. The minimum absolute atomic E-state index is 0.121. The fourth-order valence-corrected chi connectivity index (χ4v) is 1.43. The summed E-state index contributed by atoms with van der Waals surface area (Å²) in [7, 11) is 0. The number of ether oxygens (including phenoxy) is 1. The van der Waals surface area contributed by atoms with Crippen LogP contribution in [-0.4, -0.2) is 29.1 Å². The Kier molecular flexibility index (Phi) is 4.11. The summed E-state index contributed by atoms with van der Waals surface area (Å²) >= 11 is 1.25. The molecule has 0 aliphatic rings. The summed E-state index contributed by atoms with van der Waals surface area (Å²) in [5.74, 6) is -2.27. The van der Waals surface area contributed by atoms with Crippen LogP contribution in [0.4, 0.5) is 0 Å². The molecule has 0 bridgehead atoms.